The molecule has 12 heavy (non-hydrogen) atoms. The molecule has 1 saturated heterocycles. The van der Waals surface area contributed by atoms with Crippen LogP contribution in [0, 0.1) is 0 Å². The number of amides is 2. The minimum Gasteiger partial charge on any atom is -0.323 e. The molecule has 1 aliphatic rings. The summed E-state index contributed by atoms with van der Waals surface area (Å²) in [5.74, 6) is 0. The zero-order valence-corrected chi connectivity index (χ0v) is 6.18. The molecule has 1 fully saturated rings. The summed E-state index contributed by atoms with van der Waals surface area (Å²) < 4.78 is 38.3. The highest BCUT2D eigenvalue weighted by molar-refractivity contribution is 5.76. The second-order valence-corrected chi connectivity index (χ2v) is 2.38. The van der Waals surface area contributed by atoms with Gasteiger partial charge in [0.05, 0.1) is 6.54 Å². The Morgan fingerprint density at radius 2 is 2.25 bits per heavy atom. The van der Waals surface area contributed by atoms with Crippen LogP contribution in [0.15, 0.2) is 0 Å². The molecular weight excluding hydrogens is 177 g/mol. The molecule has 1 aliphatic heterocycles. The van der Waals surface area contributed by atoms with Crippen LogP contribution in [-0.4, -0.2) is 37.1 Å². The van der Waals surface area contributed by atoms with Gasteiger partial charge in [0.15, 0.2) is 6.23 Å². The average molecular weight is 184 g/mol. The Balaban J connectivity index is 2.43. The first-order valence-corrected chi connectivity index (χ1v) is 3.14. The third kappa shape index (κ3) is 2.26. The first-order chi connectivity index (χ1) is 5.38. The maximum atomic E-state index is 11.6. The Kier molecular flexibility index (Phi) is 2.14. The molecule has 0 aromatic heterocycles. The monoisotopic (exact) mass is 184 g/mol. The first-order valence-electron chi connectivity index (χ1n) is 3.14. The fourth-order valence-corrected chi connectivity index (χ4v) is 0.853. The Morgan fingerprint density at radius 3 is 2.58 bits per heavy atom. The van der Waals surface area contributed by atoms with Crippen molar-refractivity contribution < 1.29 is 22.7 Å². The van der Waals surface area contributed by atoms with Crippen LogP contribution in [0.5, 0.6) is 0 Å². The van der Waals surface area contributed by atoms with Crippen molar-refractivity contribution in [2.75, 3.05) is 13.6 Å². The molecule has 0 radical (unpaired) electrons. The number of ether oxygens (including phenoxy) is 1. The van der Waals surface area contributed by atoms with Gasteiger partial charge in [0.25, 0.3) is 0 Å². The number of halogens is 3. The highest BCUT2D eigenvalue weighted by Gasteiger charge is 2.38. The third-order valence-corrected chi connectivity index (χ3v) is 1.35. The Labute approximate surface area is 66.3 Å². The SMILES string of the molecule is CN1CC(OC(F)(F)F)NC1=O. The average Bonchev–Trinajstić information content (AvgIpc) is 2.07. The maximum absolute atomic E-state index is 11.6. The Hall–Kier alpha value is -0.980. The van der Waals surface area contributed by atoms with Crippen LogP contribution in [-0.2, 0) is 4.74 Å². The molecule has 0 spiro atoms. The van der Waals surface area contributed by atoms with E-state index < -0.39 is 18.6 Å². The van der Waals surface area contributed by atoms with Gasteiger partial charge in [0, 0.05) is 7.05 Å². The van der Waals surface area contributed by atoms with Crippen molar-refractivity contribution in [3.8, 4) is 0 Å². The maximum Gasteiger partial charge on any atom is 0.524 e. The van der Waals surface area contributed by atoms with Gasteiger partial charge in [-0.2, -0.15) is 0 Å². The Bertz CT molecular complexity index is 194. The number of urea groups is 1. The van der Waals surface area contributed by atoms with E-state index in [-0.39, 0.29) is 6.54 Å². The predicted molar refractivity (Wildman–Crippen MR) is 32.1 cm³/mol. The normalized spacial score (nSPS) is 24.5. The van der Waals surface area contributed by atoms with Gasteiger partial charge in [0.1, 0.15) is 0 Å². The van der Waals surface area contributed by atoms with E-state index in [2.05, 4.69) is 4.74 Å². The van der Waals surface area contributed by atoms with E-state index in [9.17, 15) is 18.0 Å². The van der Waals surface area contributed by atoms with E-state index in [4.69, 9.17) is 0 Å². The van der Waals surface area contributed by atoms with Crippen LogP contribution in [0.2, 0.25) is 0 Å². The summed E-state index contributed by atoms with van der Waals surface area (Å²) in [5.41, 5.74) is 0. The molecular formula is C5H7F3N2O2. The van der Waals surface area contributed by atoms with Gasteiger partial charge in [0.2, 0.25) is 0 Å². The number of rotatable bonds is 1. The molecule has 7 heteroatoms. The molecule has 0 saturated carbocycles. The fourth-order valence-electron chi connectivity index (χ4n) is 0.853. The van der Waals surface area contributed by atoms with Gasteiger partial charge in [-0.05, 0) is 0 Å². The summed E-state index contributed by atoms with van der Waals surface area (Å²) in [6.45, 7) is -0.0989. The van der Waals surface area contributed by atoms with Crippen molar-refractivity contribution in [1.29, 1.82) is 0 Å². The van der Waals surface area contributed by atoms with Gasteiger partial charge in [-0.3, -0.25) is 4.74 Å². The van der Waals surface area contributed by atoms with Crippen LogP contribution >= 0.6 is 0 Å². The van der Waals surface area contributed by atoms with E-state index in [1.807, 2.05) is 5.32 Å². The van der Waals surface area contributed by atoms with E-state index in [1.165, 1.54) is 7.05 Å². The van der Waals surface area contributed by atoms with Crippen molar-refractivity contribution in [2.24, 2.45) is 0 Å². The van der Waals surface area contributed by atoms with Gasteiger partial charge in [-0.1, -0.05) is 0 Å². The molecule has 70 valence electrons. The lowest BCUT2D eigenvalue weighted by atomic mass is 10.6. The summed E-state index contributed by atoms with van der Waals surface area (Å²) in [4.78, 5) is 11.7. The third-order valence-electron chi connectivity index (χ3n) is 1.35. The van der Waals surface area contributed by atoms with Crippen LogP contribution < -0.4 is 5.32 Å². The molecule has 0 bridgehead atoms. The molecule has 1 N–H and O–H groups in total. The number of carbonyl (C=O) groups excluding carboxylic acids is 1. The minimum atomic E-state index is -4.71. The molecule has 4 nitrogen and oxygen atoms in total. The molecule has 1 rings (SSSR count). The van der Waals surface area contributed by atoms with E-state index >= 15 is 0 Å². The van der Waals surface area contributed by atoms with Crippen LogP contribution in [0.1, 0.15) is 0 Å². The van der Waals surface area contributed by atoms with Gasteiger partial charge < -0.3 is 10.2 Å². The Morgan fingerprint density at radius 1 is 1.67 bits per heavy atom. The van der Waals surface area contributed by atoms with E-state index in [0.717, 1.165) is 4.90 Å². The quantitative estimate of drug-likeness (QED) is 0.644. The van der Waals surface area contributed by atoms with E-state index in [0.29, 0.717) is 0 Å². The van der Waals surface area contributed by atoms with Gasteiger partial charge in [-0.25, -0.2) is 4.79 Å². The molecule has 0 aromatic rings. The fraction of sp³-hybridized carbons (Fsp3) is 0.800. The van der Waals surface area contributed by atoms with Crippen LogP contribution in [0.3, 0.4) is 0 Å². The lowest BCUT2D eigenvalue weighted by Crippen LogP contribution is -2.34. The summed E-state index contributed by atoms with van der Waals surface area (Å²) in [6.07, 6.45) is -5.99. The number of carbonyl (C=O) groups is 1. The highest BCUT2D eigenvalue weighted by atomic mass is 19.4. The summed E-state index contributed by atoms with van der Waals surface area (Å²) >= 11 is 0. The standard InChI is InChI=1S/C5H7F3N2O2/c1-10-2-3(9-4(10)11)12-5(6,7)8/h3H,2H2,1H3,(H,9,11). The van der Waals surface area contributed by atoms with Crippen LogP contribution in [0.25, 0.3) is 0 Å². The number of alkyl halides is 3. The molecule has 1 unspecified atom stereocenters. The molecule has 2 amide bonds. The van der Waals surface area contributed by atoms with E-state index in [1.54, 1.807) is 0 Å². The second kappa shape index (κ2) is 2.81. The number of likely N-dealkylation sites (N-methyl/N-ethyl adjacent to an activating group) is 1. The highest BCUT2D eigenvalue weighted by Crippen LogP contribution is 2.19. The zero-order valence-electron chi connectivity index (χ0n) is 6.18. The molecule has 0 aromatic carbocycles. The summed E-state index contributed by atoms with van der Waals surface area (Å²) in [5, 5.41) is 2.00. The minimum absolute atomic E-state index is 0.0989. The summed E-state index contributed by atoms with van der Waals surface area (Å²) in [6, 6.07) is -0.566. The number of hydrogen-bond donors (Lipinski definition) is 1. The van der Waals surface area contributed by atoms with Crippen molar-refractivity contribution in [3.05, 3.63) is 0 Å². The van der Waals surface area contributed by atoms with Crippen LogP contribution in [0.4, 0.5) is 18.0 Å². The van der Waals surface area contributed by atoms with Crippen molar-refractivity contribution in [3.63, 3.8) is 0 Å². The zero-order chi connectivity index (χ0) is 9.35. The van der Waals surface area contributed by atoms with Gasteiger partial charge in [-0.15, -0.1) is 13.2 Å². The first kappa shape index (κ1) is 9.11. The smallest absolute Gasteiger partial charge is 0.323 e. The molecule has 1 atom stereocenters. The van der Waals surface area contributed by atoms with Gasteiger partial charge >= 0.3 is 12.4 Å². The lowest BCUT2D eigenvalue weighted by molar-refractivity contribution is -0.342. The number of hydrogen-bond acceptors (Lipinski definition) is 2. The summed E-state index contributed by atoms with van der Waals surface area (Å²) in [7, 11) is 1.38. The molecule has 1 heterocycles. The van der Waals surface area contributed by atoms with Crippen molar-refractivity contribution >= 4 is 6.03 Å². The molecule has 0 aliphatic carbocycles. The second-order valence-electron chi connectivity index (χ2n) is 2.38. The largest absolute Gasteiger partial charge is 0.524 e. The topological polar surface area (TPSA) is 41.6 Å². The number of nitrogens with zero attached hydrogens (tertiary/aromatic N) is 1. The van der Waals surface area contributed by atoms with Crippen molar-refractivity contribution in [2.45, 2.75) is 12.6 Å². The number of nitrogens with one attached hydrogen (secondary N) is 1. The lowest BCUT2D eigenvalue weighted by Gasteiger charge is -2.12. The predicted octanol–water partition coefficient (Wildman–Crippen LogP) is 0.504. The van der Waals surface area contributed by atoms with Crippen molar-refractivity contribution in [1.82, 2.24) is 10.2 Å².